The Bertz CT molecular complexity index is 986. The van der Waals surface area contributed by atoms with E-state index in [4.69, 9.17) is 53.5 Å². The Labute approximate surface area is 272 Å². The van der Waals surface area contributed by atoms with Crippen LogP contribution in [-0.2, 0) is 53.5 Å². The molecule has 8 unspecified atom stereocenters. The molecule has 0 aliphatic carbocycles. The van der Waals surface area contributed by atoms with E-state index in [1.165, 1.54) is 0 Å². The normalized spacial score (nSPS) is 44.7. The van der Waals surface area contributed by atoms with Crippen molar-refractivity contribution in [3.63, 3.8) is 0 Å². The summed E-state index contributed by atoms with van der Waals surface area (Å²) < 4.78 is 91.1. The maximum absolute atomic E-state index is 7.21. The third-order valence-corrected chi connectivity index (χ3v) is 47.3. The second-order valence-electron chi connectivity index (χ2n) is 11.7. The van der Waals surface area contributed by atoms with Crippen molar-refractivity contribution in [2.75, 3.05) is 0 Å². The van der Waals surface area contributed by atoms with Crippen molar-refractivity contribution < 1.29 is 53.5 Å². The first-order valence-corrected chi connectivity index (χ1v) is 33.9. The first kappa shape index (κ1) is 37.5. The maximum atomic E-state index is 7.21. The predicted octanol–water partition coefficient (Wildman–Crippen LogP) is 5.04. The molecule has 0 N–H and O–H groups in total. The molecule has 0 saturated carbocycles. The highest BCUT2D eigenvalue weighted by atomic mass is 28.6. The first-order chi connectivity index (χ1) is 20.1. The van der Waals surface area contributed by atoms with Crippen molar-refractivity contribution in [2.24, 2.45) is 0 Å². The van der Waals surface area contributed by atoms with Gasteiger partial charge in [-0.15, -0.1) is 0 Å². The van der Waals surface area contributed by atoms with Gasteiger partial charge in [0.05, 0.1) is 0 Å². The summed E-state index contributed by atoms with van der Waals surface area (Å²) in [5, 5.41) is 0. The number of hydrogen-bond acceptors (Lipinski definition) is 13. The van der Waals surface area contributed by atoms with Gasteiger partial charge < -0.3 is 53.5 Å². The van der Waals surface area contributed by atoms with E-state index < -0.39 is 79.5 Å². The number of rotatable bonds is 12. The highest BCUT2D eigenvalue weighted by Gasteiger charge is 2.79. The summed E-state index contributed by atoms with van der Waals surface area (Å²) in [7, 11) is -27.7. The Hall–Kier alpha value is 1.65. The molecule has 6 bridgehead atoms. The molecule has 13 nitrogen and oxygen atoms in total. The van der Waals surface area contributed by atoms with Gasteiger partial charge in [0.2, 0.25) is 10.5 Å². The van der Waals surface area contributed by atoms with Gasteiger partial charge in [0, 0.05) is 36.3 Å². The molecule has 0 aromatic rings. The lowest BCUT2D eigenvalue weighted by Gasteiger charge is -2.59. The van der Waals surface area contributed by atoms with E-state index in [1.807, 2.05) is 48.5 Å². The van der Waals surface area contributed by atoms with Crippen molar-refractivity contribution in [1.82, 2.24) is 0 Å². The summed E-state index contributed by atoms with van der Waals surface area (Å²) in [6.45, 7) is 22.5. The molecule has 0 spiro atoms. The van der Waals surface area contributed by atoms with E-state index >= 15 is 0 Å². The maximum Gasteiger partial charge on any atom is 0.644 e. The van der Waals surface area contributed by atoms with Gasteiger partial charge in [-0.2, -0.15) is 0 Å². The third kappa shape index (κ3) is 7.19. The number of hydrogen-bond donors (Lipinski definition) is 0. The zero-order chi connectivity index (χ0) is 32.0. The second kappa shape index (κ2) is 13.5. The molecule has 4 rings (SSSR count). The lowest BCUT2D eigenvalue weighted by molar-refractivity contribution is -0.0144. The van der Waals surface area contributed by atoms with Gasteiger partial charge in [0.15, 0.2) is 8.32 Å². The highest BCUT2D eigenvalue weighted by molar-refractivity contribution is 7.00. The fourth-order valence-corrected chi connectivity index (χ4v) is 53.5. The van der Waals surface area contributed by atoms with Crippen LogP contribution in [0, 0.1) is 0 Å². The van der Waals surface area contributed by atoms with Gasteiger partial charge in [-0.1, -0.05) is 68.7 Å². The largest absolute Gasteiger partial charge is 0.644 e. The van der Waals surface area contributed by atoms with Crippen molar-refractivity contribution in [3.8, 4) is 0 Å². The summed E-state index contributed by atoms with van der Waals surface area (Å²) in [4.78, 5) is 0. The molecule has 4 aliphatic heterocycles. The quantitative estimate of drug-likeness (QED) is 0.247. The summed E-state index contributed by atoms with van der Waals surface area (Å²) in [5.74, 6) is 0. The lowest BCUT2D eigenvalue weighted by Crippen LogP contribution is -2.84. The molecule has 8 atom stereocenters. The van der Waals surface area contributed by atoms with Crippen LogP contribution in [0.2, 0.25) is 60.9 Å². The molecule has 0 aromatic heterocycles. The fraction of sp³-hybridized carbons (Fsp3) is 1.00. The lowest BCUT2D eigenvalue weighted by atomic mass is 10.4. The van der Waals surface area contributed by atoms with Crippen LogP contribution in [0.4, 0.5) is 0 Å². The van der Waals surface area contributed by atoms with Crippen LogP contribution in [0.5, 0.6) is 0 Å². The Morgan fingerprint density at radius 3 is 1.42 bits per heavy atom. The van der Waals surface area contributed by atoms with Gasteiger partial charge in [-0.05, 0) is 24.7 Å². The minimum absolute atomic E-state index is 0.269. The highest BCUT2D eigenvalue weighted by Crippen LogP contribution is 2.49. The smallest absolute Gasteiger partial charge is 0.416 e. The van der Waals surface area contributed by atoms with Gasteiger partial charge in [-0.25, -0.2) is 0 Å². The summed E-state index contributed by atoms with van der Waals surface area (Å²) in [6.07, 6.45) is 0.929. The van der Waals surface area contributed by atoms with Crippen LogP contribution in [-0.4, -0.2) is 90.0 Å². The Kier molecular flexibility index (Phi) is 11.8. The summed E-state index contributed by atoms with van der Waals surface area (Å²) >= 11 is 0. The average Bonchev–Trinajstić information content (AvgIpc) is 2.96. The molecule has 4 radical (unpaired) electrons. The Morgan fingerprint density at radius 1 is 0.605 bits per heavy atom. The average molecular weight is 779 g/mol. The van der Waals surface area contributed by atoms with Gasteiger partial charge in [0.25, 0.3) is 0 Å². The minimum atomic E-state index is -4.18. The minimum Gasteiger partial charge on any atom is -0.416 e. The van der Waals surface area contributed by atoms with E-state index in [0.29, 0.717) is 42.3 Å². The van der Waals surface area contributed by atoms with Crippen molar-refractivity contribution in [3.05, 3.63) is 0 Å². The molecule has 4 aliphatic rings. The van der Waals surface area contributed by atoms with E-state index in [9.17, 15) is 0 Å². The Morgan fingerprint density at radius 2 is 1.02 bits per heavy atom. The van der Waals surface area contributed by atoms with Crippen LogP contribution in [0.1, 0.15) is 68.7 Å². The van der Waals surface area contributed by atoms with Crippen molar-refractivity contribution in [1.29, 1.82) is 0 Å². The molecular formula is C20H50O13Si10. The van der Waals surface area contributed by atoms with Crippen LogP contribution >= 0.6 is 0 Å². The molecular weight excluding hydrogens is 729 g/mol. The molecule has 0 aromatic carbocycles. The standard InChI is InChI=1S/C20H50O13Si10/c1-12-20(9)36(10,11)24-43-23-35(13-2)22-38(15-4)27-39(16-5)25-37(14-3,21-34)26-41(18-7,32-43)30-40(17-6,29-39)31-42(19-8,28-38)33-43/h20H,12-19H2,1-11H3. The fourth-order valence-electron chi connectivity index (χ4n) is 5.23. The van der Waals surface area contributed by atoms with Crippen molar-refractivity contribution in [2.45, 2.75) is 130 Å². The molecule has 248 valence electrons. The molecule has 43 heavy (non-hydrogen) atoms. The predicted molar refractivity (Wildman–Crippen MR) is 176 cm³/mol. The summed E-state index contributed by atoms with van der Waals surface area (Å²) in [6, 6.07) is 2.94. The van der Waals surface area contributed by atoms with E-state index in [-0.39, 0.29) is 5.54 Å². The van der Waals surface area contributed by atoms with E-state index in [1.54, 1.807) is 0 Å². The van der Waals surface area contributed by atoms with Crippen LogP contribution in [0.3, 0.4) is 0 Å². The van der Waals surface area contributed by atoms with Gasteiger partial charge >= 0.3 is 71.2 Å². The Balaban J connectivity index is 2.08. The first-order valence-electron chi connectivity index (χ1n) is 15.7. The van der Waals surface area contributed by atoms with Crippen LogP contribution in [0.25, 0.3) is 0 Å². The second-order valence-corrected chi connectivity index (χ2v) is 41.4. The topological polar surface area (TPSA) is 120 Å². The van der Waals surface area contributed by atoms with E-state index in [0.717, 1.165) is 6.42 Å². The molecule has 4 heterocycles. The third-order valence-electron chi connectivity index (χ3n) is 8.48. The van der Waals surface area contributed by atoms with E-state index in [2.05, 4.69) is 37.4 Å². The molecule has 4 fully saturated rings. The summed E-state index contributed by atoms with van der Waals surface area (Å²) in [5.41, 5.74) is 0.269. The molecule has 23 heteroatoms. The SMILES string of the molecule is CCC(C)[Si](C)(C)O[Si]12O[Si](CC)O[Si]3(CC)O[Si]4(CC)O[Si](CC)(O[Si])O[Si](CC)(O[Si](CC)(O4)O[Si](CC)(O3)O1)O2. The van der Waals surface area contributed by atoms with Crippen LogP contribution in [0.15, 0.2) is 0 Å². The molecule has 0 amide bonds. The zero-order valence-electron chi connectivity index (χ0n) is 27.5. The van der Waals surface area contributed by atoms with Crippen molar-refractivity contribution >= 4 is 90.0 Å². The van der Waals surface area contributed by atoms with Crippen LogP contribution < -0.4 is 0 Å². The number of fused-ring (bicyclic) bond motifs is 4. The monoisotopic (exact) mass is 778 g/mol. The van der Waals surface area contributed by atoms with Gasteiger partial charge in [0.1, 0.15) is 0 Å². The zero-order valence-corrected chi connectivity index (χ0v) is 37.5. The van der Waals surface area contributed by atoms with Gasteiger partial charge in [-0.3, -0.25) is 0 Å². The molecule has 4 saturated heterocycles.